The zero-order valence-corrected chi connectivity index (χ0v) is 13.3. The summed E-state index contributed by atoms with van der Waals surface area (Å²) in [5.41, 5.74) is 6.14. The zero-order chi connectivity index (χ0) is 18.0. The number of aromatic nitrogens is 2. The number of non-ortho nitro benzene ring substituents is 1. The Morgan fingerprint density at radius 1 is 1.12 bits per heavy atom. The van der Waals surface area contributed by atoms with Crippen LogP contribution in [0.2, 0.25) is 0 Å². The summed E-state index contributed by atoms with van der Waals surface area (Å²) >= 11 is 0. The molecule has 128 valence electrons. The maximum Gasteiger partial charge on any atom is 0.325 e. The van der Waals surface area contributed by atoms with Gasteiger partial charge < -0.3 is 10.9 Å². The van der Waals surface area contributed by atoms with E-state index in [9.17, 15) is 20.1 Å². The van der Waals surface area contributed by atoms with Crippen LogP contribution in [0.5, 0.6) is 0 Å². The second-order valence-corrected chi connectivity index (χ2v) is 5.53. The van der Waals surface area contributed by atoms with E-state index in [4.69, 9.17) is 5.73 Å². The first-order valence-corrected chi connectivity index (χ1v) is 7.74. The third-order valence-corrected chi connectivity index (χ3v) is 3.98. The molecule has 3 aromatic rings. The number of rotatable bonds is 5. The average molecular weight is 340 g/mol. The number of nitrogens with zero attached hydrogens (tertiary/aromatic N) is 3. The van der Waals surface area contributed by atoms with E-state index in [1.165, 1.54) is 28.8 Å². The molecule has 0 bridgehead atoms. The molecule has 2 N–H and O–H groups in total. The highest BCUT2D eigenvalue weighted by atomic mass is 16.6. The first-order valence-electron chi connectivity index (χ1n) is 7.74. The summed E-state index contributed by atoms with van der Waals surface area (Å²) in [4.78, 5) is 23.2. The molecule has 0 unspecified atom stereocenters. The summed E-state index contributed by atoms with van der Waals surface area (Å²) < 4.78 is 2.10. The van der Waals surface area contributed by atoms with Crippen LogP contribution >= 0.6 is 0 Å². The standard InChI is InChI=1S/C17H16N4O4/c18-10-3-11-19-14-4-1-2-5-15(14)20(23)16(17(19)22)12-6-8-13(9-7-12)21(24)25/h1-2,4-9H,3,10-11,18H2. The van der Waals surface area contributed by atoms with Gasteiger partial charge in [-0.2, -0.15) is 4.73 Å². The maximum absolute atomic E-state index is 12.9. The first-order chi connectivity index (χ1) is 12.0. The lowest BCUT2D eigenvalue weighted by Gasteiger charge is -2.13. The van der Waals surface area contributed by atoms with Gasteiger partial charge in [0.25, 0.3) is 11.4 Å². The van der Waals surface area contributed by atoms with Crippen molar-refractivity contribution in [2.75, 3.05) is 6.54 Å². The van der Waals surface area contributed by atoms with Gasteiger partial charge in [0.05, 0.1) is 10.5 Å². The number of para-hydroxylation sites is 2. The van der Waals surface area contributed by atoms with Crippen molar-refractivity contribution >= 4 is 16.7 Å². The molecule has 2 aromatic carbocycles. The third kappa shape index (κ3) is 2.94. The van der Waals surface area contributed by atoms with Gasteiger partial charge in [0.2, 0.25) is 5.52 Å². The van der Waals surface area contributed by atoms with Gasteiger partial charge in [-0.15, -0.1) is 0 Å². The molecule has 1 heterocycles. The predicted octanol–water partition coefficient (Wildman–Crippen LogP) is 1.56. The van der Waals surface area contributed by atoms with E-state index in [1.54, 1.807) is 24.3 Å². The fourth-order valence-electron chi connectivity index (χ4n) is 2.76. The molecule has 0 atom stereocenters. The molecule has 0 aliphatic rings. The highest BCUT2D eigenvalue weighted by Crippen LogP contribution is 2.19. The number of hydrogen-bond donors (Lipinski definition) is 1. The molecule has 3 rings (SSSR count). The van der Waals surface area contributed by atoms with Crippen molar-refractivity contribution in [2.45, 2.75) is 13.0 Å². The molecule has 0 saturated heterocycles. The smallest absolute Gasteiger partial charge is 0.325 e. The molecule has 0 aliphatic heterocycles. The maximum atomic E-state index is 12.9. The SMILES string of the molecule is NCCCn1c(=O)c(-c2ccc([N+](=O)[O-])cc2)[n+]([O-])c2ccccc21. The van der Waals surface area contributed by atoms with Crippen molar-refractivity contribution in [3.05, 3.63) is 74.2 Å². The van der Waals surface area contributed by atoms with E-state index in [2.05, 4.69) is 0 Å². The van der Waals surface area contributed by atoms with Crippen LogP contribution in [0.25, 0.3) is 22.3 Å². The summed E-state index contributed by atoms with van der Waals surface area (Å²) in [6, 6.07) is 12.2. The number of hydrogen-bond acceptors (Lipinski definition) is 5. The molecular weight excluding hydrogens is 324 g/mol. The lowest BCUT2D eigenvalue weighted by atomic mass is 10.1. The Morgan fingerprint density at radius 3 is 2.44 bits per heavy atom. The molecular formula is C17H16N4O4. The minimum absolute atomic E-state index is 0.0642. The Kier molecular flexibility index (Phi) is 4.44. The molecule has 0 fully saturated rings. The summed E-state index contributed by atoms with van der Waals surface area (Å²) in [7, 11) is 0. The van der Waals surface area contributed by atoms with E-state index in [0.29, 0.717) is 40.8 Å². The van der Waals surface area contributed by atoms with Crippen LogP contribution in [-0.4, -0.2) is 16.0 Å². The van der Waals surface area contributed by atoms with Gasteiger partial charge in [0.1, 0.15) is 5.52 Å². The lowest BCUT2D eigenvalue weighted by molar-refractivity contribution is -0.566. The van der Waals surface area contributed by atoms with Gasteiger partial charge >= 0.3 is 5.56 Å². The third-order valence-electron chi connectivity index (χ3n) is 3.98. The Morgan fingerprint density at radius 2 is 1.80 bits per heavy atom. The van der Waals surface area contributed by atoms with Gasteiger partial charge in [-0.25, -0.2) is 0 Å². The number of benzene rings is 2. The van der Waals surface area contributed by atoms with E-state index in [1.807, 2.05) is 0 Å². The molecule has 8 nitrogen and oxygen atoms in total. The van der Waals surface area contributed by atoms with Gasteiger partial charge in [-0.3, -0.25) is 19.5 Å². The molecule has 0 aliphatic carbocycles. The van der Waals surface area contributed by atoms with Crippen LogP contribution in [0.1, 0.15) is 6.42 Å². The van der Waals surface area contributed by atoms with Crippen LogP contribution < -0.4 is 16.0 Å². The van der Waals surface area contributed by atoms with Crippen LogP contribution in [-0.2, 0) is 6.54 Å². The Bertz CT molecular complexity index is 996. The molecule has 0 saturated carbocycles. The summed E-state index contributed by atoms with van der Waals surface area (Å²) in [6.45, 7) is 0.802. The number of nitro benzene ring substituents is 1. The monoisotopic (exact) mass is 340 g/mol. The van der Waals surface area contributed by atoms with Gasteiger partial charge in [-0.05, 0) is 31.2 Å². The molecule has 0 radical (unpaired) electrons. The van der Waals surface area contributed by atoms with Crippen LogP contribution in [0.15, 0.2) is 53.3 Å². The summed E-state index contributed by atoms with van der Waals surface area (Å²) in [5.74, 6) is 0. The minimum atomic E-state index is -0.533. The normalized spacial score (nSPS) is 10.9. The van der Waals surface area contributed by atoms with Crippen molar-refractivity contribution in [3.63, 3.8) is 0 Å². The fraction of sp³-hybridized carbons (Fsp3) is 0.176. The number of aryl methyl sites for hydroxylation is 1. The Hall–Kier alpha value is -3.26. The van der Waals surface area contributed by atoms with Gasteiger partial charge in [0, 0.05) is 24.7 Å². The van der Waals surface area contributed by atoms with Gasteiger partial charge in [0.15, 0.2) is 0 Å². The Labute approximate surface area is 142 Å². The molecule has 0 spiro atoms. The highest BCUT2D eigenvalue weighted by molar-refractivity contribution is 5.73. The van der Waals surface area contributed by atoms with Crippen molar-refractivity contribution < 1.29 is 9.65 Å². The second kappa shape index (κ2) is 6.70. The minimum Gasteiger partial charge on any atom is -0.618 e. The number of nitrogens with two attached hydrogens (primary N) is 1. The lowest BCUT2D eigenvalue weighted by Crippen LogP contribution is -2.41. The molecule has 8 heteroatoms. The summed E-state index contributed by atoms with van der Waals surface area (Å²) in [6.07, 6.45) is 0.590. The van der Waals surface area contributed by atoms with Crippen molar-refractivity contribution in [2.24, 2.45) is 5.73 Å². The van der Waals surface area contributed by atoms with Crippen molar-refractivity contribution in [1.29, 1.82) is 0 Å². The van der Waals surface area contributed by atoms with Crippen molar-refractivity contribution in [1.82, 2.24) is 4.57 Å². The van der Waals surface area contributed by atoms with Crippen molar-refractivity contribution in [3.8, 4) is 11.3 Å². The van der Waals surface area contributed by atoms with Gasteiger partial charge in [-0.1, -0.05) is 12.1 Å². The quantitative estimate of drug-likeness (QED) is 0.327. The Balaban J connectivity index is 2.27. The van der Waals surface area contributed by atoms with Crippen LogP contribution in [0, 0.1) is 15.3 Å². The number of fused-ring (bicyclic) bond motifs is 1. The highest BCUT2D eigenvalue weighted by Gasteiger charge is 2.22. The molecule has 0 amide bonds. The van der Waals surface area contributed by atoms with E-state index in [0.717, 1.165) is 0 Å². The average Bonchev–Trinajstić information content (AvgIpc) is 2.62. The largest absolute Gasteiger partial charge is 0.618 e. The van der Waals surface area contributed by atoms with E-state index >= 15 is 0 Å². The molecule has 25 heavy (non-hydrogen) atoms. The van der Waals surface area contributed by atoms with Crippen LogP contribution in [0.3, 0.4) is 0 Å². The fourth-order valence-corrected chi connectivity index (χ4v) is 2.76. The number of nitro groups is 1. The zero-order valence-electron chi connectivity index (χ0n) is 13.3. The van der Waals surface area contributed by atoms with Crippen LogP contribution in [0.4, 0.5) is 5.69 Å². The molecule has 1 aromatic heterocycles. The summed E-state index contributed by atoms with van der Waals surface area (Å²) in [5, 5.41) is 23.5. The topological polar surface area (TPSA) is 118 Å². The second-order valence-electron chi connectivity index (χ2n) is 5.53. The van der Waals surface area contributed by atoms with E-state index in [-0.39, 0.29) is 11.4 Å². The predicted molar refractivity (Wildman–Crippen MR) is 92.9 cm³/mol. The first kappa shape index (κ1) is 16.6. The van der Waals surface area contributed by atoms with E-state index < -0.39 is 10.5 Å².